The number of aliphatic hydroxyl groups is 2. The van der Waals surface area contributed by atoms with Gasteiger partial charge in [-0.15, -0.1) is 0 Å². The van der Waals surface area contributed by atoms with Crippen molar-refractivity contribution in [2.24, 2.45) is 0 Å². The molecule has 0 aliphatic carbocycles. The van der Waals surface area contributed by atoms with E-state index in [2.05, 4.69) is 9.97 Å². The van der Waals surface area contributed by atoms with Crippen LogP contribution in [0.2, 0.25) is 0 Å². The van der Waals surface area contributed by atoms with Crippen molar-refractivity contribution < 1.29 is 28.5 Å². The molecule has 2 aromatic heterocycles. The lowest BCUT2D eigenvalue weighted by Gasteiger charge is -2.22. The summed E-state index contributed by atoms with van der Waals surface area (Å²) in [7, 11) is 0. The number of nitrogens with two attached hydrogens (primary N) is 1. The molecule has 1 saturated heterocycles. The van der Waals surface area contributed by atoms with Crippen molar-refractivity contribution in [1.29, 1.82) is 0 Å². The molecule has 28 heavy (non-hydrogen) atoms. The van der Waals surface area contributed by atoms with Gasteiger partial charge in [-0.2, -0.15) is 0 Å². The number of nitrogen functional groups attached to an aromatic ring is 1. The van der Waals surface area contributed by atoms with Gasteiger partial charge in [-0.05, 0) is 29.3 Å². The summed E-state index contributed by atoms with van der Waals surface area (Å²) in [6.45, 7) is 0.0563. The fourth-order valence-electron chi connectivity index (χ4n) is 3.90. The second kappa shape index (κ2) is 6.17. The molecule has 0 unspecified atom stereocenters. The molecule has 8 nitrogen and oxygen atoms in total. The number of nitrogens with zero attached hydrogens (tertiary/aromatic N) is 3. The molecule has 4 N–H and O–H groups in total. The van der Waals surface area contributed by atoms with Crippen LogP contribution in [0.25, 0.3) is 11.0 Å². The fraction of sp³-hybridized carbons (Fsp3) is 0.333. The van der Waals surface area contributed by atoms with Crippen molar-refractivity contribution in [2.45, 2.75) is 37.3 Å². The zero-order valence-corrected chi connectivity index (χ0v) is 14.4. The minimum Gasteiger partial charge on any atom is -0.387 e. The molecule has 10 heteroatoms. The molecule has 3 aromatic rings. The van der Waals surface area contributed by atoms with Gasteiger partial charge < -0.3 is 30.0 Å². The minimum absolute atomic E-state index is 0.0563. The molecule has 2 aliphatic heterocycles. The van der Waals surface area contributed by atoms with Crippen LogP contribution in [0.1, 0.15) is 23.5 Å². The lowest BCUT2D eigenvalue weighted by Crippen LogP contribution is -2.34. The molecular weight excluding hydrogens is 374 g/mol. The van der Waals surface area contributed by atoms with E-state index in [9.17, 15) is 19.0 Å². The molecule has 0 amide bonds. The van der Waals surface area contributed by atoms with Gasteiger partial charge in [-0.3, -0.25) is 0 Å². The molecule has 0 bridgehead atoms. The quantitative estimate of drug-likeness (QED) is 0.602. The number of anilines is 1. The molecule has 5 rings (SSSR count). The van der Waals surface area contributed by atoms with Gasteiger partial charge in [0.15, 0.2) is 17.9 Å². The maximum absolute atomic E-state index is 13.7. The Hall–Kier alpha value is -2.66. The predicted molar refractivity (Wildman–Crippen MR) is 91.8 cm³/mol. The van der Waals surface area contributed by atoms with E-state index in [1.54, 1.807) is 16.8 Å². The van der Waals surface area contributed by atoms with Crippen LogP contribution >= 0.6 is 0 Å². The van der Waals surface area contributed by atoms with Gasteiger partial charge in [0.05, 0.1) is 12.0 Å². The molecule has 1 fully saturated rings. The number of ether oxygens (including phenoxy) is 2. The maximum Gasteiger partial charge on any atom is 0.164 e. The smallest absolute Gasteiger partial charge is 0.164 e. The molecule has 4 heterocycles. The normalized spacial score (nSPS) is 29.5. The highest BCUT2D eigenvalue weighted by Gasteiger charge is 2.50. The standard InChI is InChI=1S/C18H16F2N4O4/c19-10-3-7-5-27-14(9(7)4-11(10)20)15-12(25)13(26)18(28-15)24-2-1-8-16(21)22-6-23-17(8)24/h1-4,6,12-15,18,25-26H,5H2,(H2,21,22,23)/t12-,13+,14+,15-,18+/m0/s1. The predicted octanol–water partition coefficient (Wildman–Crippen LogP) is 1.18. The van der Waals surface area contributed by atoms with Crippen LogP contribution in [-0.2, 0) is 16.1 Å². The number of halogens is 2. The van der Waals surface area contributed by atoms with E-state index >= 15 is 0 Å². The molecule has 0 radical (unpaired) electrons. The van der Waals surface area contributed by atoms with Crippen molar-refractivity contribution in [3.63, 3.8) is 0 Å². The molecule has 5 atom stereocenters. The molecular formula is C18H16F2N4O4. The molecule has 1 aromatic carbocycles. The SMILES string of the molecule is Nc1ncnc2c1ccn2[C@@H]1O[C@H]([C@@H]2OCc3cc(F)c(F)cc32)[C@@H](O)[C@H]1O. The number of aromatic nitrogens is 3. The third kappa shape index (κ3) is 2.42. The van der Waals surface area contributed by atoms with Crippen LogP contribution in [0.3, 0.4) is 0 Å². The number of hydrogen-bond acceptors (Lipinski definition) is 7. The van der Waals surface area contributed by atoms with Crippen LogP contribution in [0.5, 0.6) is 0 Å². The van der Waals surface area contributed by atoms with E-state index < -0.39 is 42.3 Å². The van der Waals surface area contributed by atoms with Gasteiger partial charge in [0, 0.05) is 6.20 Å². The first-order valence-electron chi connectivity index (χ1n) is 8.63. The summed E-state index contributed by atoms with van der Waals surface area (Å²) in [6, 6.07) is 3.79. The summed E-state index contributed by atoms with van der Waals surface area (Å²) in [5, 5.41) is 21.7. The van der Waals surface area contributed by atoms with Crippen LogP contribution < -0.4 is 5.73 Å². The molecule has 0 spiro atoms. The van der Waals surface area contributed by atoms with Crippen molar-refractivity contribution in [1.82, 2.24) is 14.5 Å². The van der Waals surface area contributed by atoms with Crippen LogP contribution in [-0.4, -0.2) is 43.1 Å². The Morgan fingerprint density at radius 3 is 2.75 bits per heavy atom. The van der Waals surface area contributed by atoms with E-state index in [4.69, 9.17) is 15.2 Å². The lowest BCUT2D eigenvalue weighted by atomic mass is 9.97. The monoisotopic (exact) mass is 390 g/mol. The number of fused-ring (bicyclic) bond motifs is 2. The van der Waals surface area contributed by atoms with Gasteiger partial charge in [0.2, 0.25) is 0 Å². The number of rotatable bonds is 2. The summed E-state index contributed by atoms with van der Waals surface area (Å²) in [5.41, 5.74) is 7.13. The summed E-state index contributed by atoms with van der Waals surface area (Å²) in [5.74, 6) is -1.70. The van der Waals surface area contributed by atoms with E-state index in [1.165, 1.54) is 6.33 Å². The Morgan fingerprint density at radius 2 is 1.93 bits per heavy atom. The molecule has 2 aliphatic rings. The Labute approximate surface area is 157 Å². The van der Waals surface area contributed by atoms with Gasteiger partial charge in [-0.25, -0.2) is 18.7 Å². The number of benzene rings is 1. The van der Waals surface area contributed by atoms with Crippen molar-refractivity contribution in [3.05, 3.63) is 53.5 Å². The lowest BCUT2D eigenvalue weighted by molar-refractivity contribution is -0.104. The minimum atomic E-state index is -1.31. The Morgan fingerprint density at radius 1 is 1.14 bits per heavy atom. The second-order valence-electron chi connectivity index (χ2n) is 6.89. The first kappa shape index (κ1) is 17.4. The van der Waals surface area contributed by atoms with Crippen molar-refractivity contribution in [3.8, 4) is 0 Å². The van der Waals surface area contributed by atoms with Crippen LogP contribution in [0.4, 0.5) is 14.6 Å². The maximum atomic E-state index is 13.7. The number of hydrogen-bond donors (Lipinski definition) is 3. The van der Waals surface area contributed by atoms with E-state index in [-0.39, 0.29) is 12.4 Å². The second-order valence-corrected chi connectivity index (χ2v) is 6.89. The highest BCUT2D eigenvalue weighted by atomic mass is 19.2. The van der Waals surface area contributed by atoms with Gasteiger partial charge in [0.1, 0.15) is 42.2 Å². The van der Waals surface area contributed by atoms with Crippen molar-refractivity contribution >= 4 is 16.9 Å². The van der Waals surface area contributed by atoms with Crippen LogP contribution in [0, 0.1) is 11.6 Å². The van der Waals surface area contributed by atoms with Gasteiger partial charge >= 0.3 is 0 Å². The number of aliphatic hydroxyl groups excluding tert-OH is 2. The van der Waals surface area contributed by atoms with E-state index in [0.29, 0.717) is 22.2 Å². The topological polar surface area (TPSA) is 116 Å². The largest absolute Gasteiger partial charge is 0.387 e. The average molecular weight is 390 g/mol. The zero-order valence-electron chi connectivity index (χ0n) is 14.4. The van der Waals surface area contributed by atoms with Crippen molar-refractivity contribution in [2.75, 3.05) is 5.73 Å². The summed E-state index contributed by atoms with van der Waals surface area (Å²) in [6.07, 6.45) is -2.50. The third-order valence-corrected chi connectivity index (χ3v) is 5.29. The highest BCUT2D eigenvalue weighted by Crippen LogP contribution is 2.43. The average Bonchev–Trinajstić information content (AvgIpc) is 3.34. The summed E-state index contributed by atoms with van der Waals surface area (Å²) in [4.78, 5) is 8.08. The van der Waals surface area contributed by atoms with Gasteiger partial charge in [-0.1, -0.05) is 0 Å². The fourth-order valence-corrected chi connectivity index (χ4v) is 3.90. The van der Waals surface area contributed by atoms with Crippen LogP contribution in [0.15, 0.2) is 30.7 Å². The first-order valence-corrected chi connectivity index (χ1v) is 8.63. The zero-order chi connectivity index (χ0) is 19.6. The highest BCUT2D eigenvalue weighted by molar-refractivity contribution is 5.86. The summed E-state index contributed by atoms with van der Waals surface area (Å²) >= 11 is 0. The van der Waals surface area contributed by atoms with E-state index in [0.717, 1.165) is 12.1 Å². The first-order chi connectivity index (χ1) is 13.5. The summed E-state index contributed by atoms with van der Waals surface area (Å²) < 4.78 is 40.3. The van der Waals surface area contributed by atoms with Gasteiger partial charge in [0.25, 0.3) is 0 Å². The Bertz CT molecular complexity index is 1080. The molecule has 146 valence electrons. The third-order valence-electron chi connectivity index (χ3n) is 5.29. The Balaban J connectivity index is 1.50. The Kier molecular flexibility index (Phi) is 3.85. The molecule has 0 saturated carbocycles. The van der Waals surface area contributed by atoms with E-state index in [1.807, 2.05) is 0 Å².